The third-order valence-corrected chi connectivity index (χ3v) is 4.75. The molecule has 1 fully saturated rings. The number of guanidine groups is 1. The van der Waals surface area contributed by atoms with E-state index in [1.807, 2.05) is 24.0 Å². The molecule has 0 spiro atoms. The van der Waals surface area contributed by atoms with Crippen molar-refractivity contribution in [2.75, 3.05) is 44.3 Å². The van der Waals surface area contributed by atoms with E-state index in [-0.39, 0.29) is 11.6 Å². The molecule has 0 bridgehead atoms. The molecule has 5 nitrogen and oxygen atoms in total. The van der Waals surface area contributed by atoms with Crippen LogP contribution in [0, 0.1) is 11.6 Å². The zero-order chi connectivity index (χ0) is 20.5. The van der Waals surface area contributed by atoms with E-state index >= 15 is 0 Å². The summed E-state index contributed by atoms with van der Waals surface area (Å²) in [4.78, 5) is 6.55. The minimum Gasteiger partial charge on any atom is -0.378 e. The molecule has 156 valence electrons. The maximum absolute atomic E-state index is 14.5. The topological polar surface area (TPSA) is 48.9 Å². The standard InChI is InChI=1S/C22H28F2N4O/c1-2-25-22(26-10-9-17-3-6-19(23)7-4-17)27-16-18-5-8-21(20(24)15-18)28-11-13-29-14-12-28/h3-8,15H,2,9-14,16H2,1H3,(H2,25,26,27). The molecule has 1 saturated heterocycles. The summed E-state index contributed by atoms with van der Waals surface area (Å²) in [7, 11) is 0. The van der Waals surface area contributed by atoms with Gasteiger partial charge in [0.15, 0.2) is 5.96 Å². The van der Waals surface area contributed by atoms with Crippen molar-refractivity contribution in [1.29, 1.82) is 0 Å². The van der Waals surface area contributed by atoms with Crippen LogP contribution in [0.3, 0.4) is 0 Å². The first kappa shape index (κ1) is 21.0. The second kappa shape index (κ2) is 10.8. The summed E-state index contributed by atoms with van der Waals surface area (Å²) < 4.78 is 32.8. The summed E-state index contributed by atoms with van der Waals surface area (Å²) in [6, 6.07) is 11.8. The molecule has 7 heteroatoms. The molecule has 1 aliphatic rings. The Kier molecular flexibility index (Phi) is 7.81. The molecule has 2 aromatic rings. The second-order valence-corrected chi connectivity index (χ2v) is 6.88. The van der Waals surface area contributed by atoms with Gasteiger partial charge in [0.05, 0.1) is 25.4 Å². The zero-order valence-electron chi connectivity index (χ0n) is 16.8. The number of hydrogen-bond donors (Lipinski definition) is 2. The van der Waals surface area contributed by atoms with Gasteiger partial charge < -0.3 is 20.3 Å². The average Bonchev–Trinajstić information content (AvgIpc) is 2.74. The van der Waals surface area contributed by atoms with Crippen LogP contribution in [0.25, 0.3) is 0 Å². The highest BCUT2D eigenvalue weighted by Gasteiger charge is 2.15. The fourth-order valence-electron chi connectivity index (χ4n) is 3.20. The van der Waals surface area contributed by atoms with E-state index in [0.717, 1.165) is 24.1 Å². The second-order valence-electron chi connectivity index (χ2n) is 6.88. The van der Waals surface area contributed by atoms with Gasteiger partial charge in [-0.1, -0.05) is 18.2 Å². The molecule has 29 heavy (non-hydrogen) atoms. The van der Waals surface area contributed by atoms with Crippen LogP contribution in [0.1, 0.15) is 18.1 Å². The van der Waals surface area contributed by atoms with Crippen molar-refractivity contribution in [2.24, 2.45) is 4.99 Å². The summed E-state index contributed by atoms with van der Waals surface area (Å²) >= 11 is 0. The summed E-state index contributed by atoms with van der Waals surface area (Å²) in [5, 5.41) is 6.45. The Bertz CT molecular complexity index is 805. The van der Waals surface area contributed by atoms with Gasteiger partial charge in [-0.3, -0.25) is 0 Å². The fourth-order valence-corrected chi connectivity index (χ4v) is 3.20. The SMILES string of the molecule is CCNC(=NCc1ccc(N2CCOCC2)c(F)c1)NCCc1ccc(F)cc1. The van der Waals surface area contributed by atoms with Crippen LogP contribution >= 0.6 is 0 Å². The Morgan fingerprint density at radius 1 is 1.03 bits per heavy atom. The lowest BCUT2D eigenvalue weighted by Gasteiger charge is -2.29. The molecule has 0 saturated carbocycles. The van der Waals surface area contributed by atoms with Crippen molar-refractivity contribution in [2.45, 2.75) is 19.9 Å². The van der Waals surface area contributed by atoms with Crippen molar-refractivity contribution < 1.29 is 13.5 Å². The first-order valence-electron chi connectivity index (χ1n) is 10.0. The van der Waals surface area contributed by atoms with Crippen LogP contribution in [0.2, 0.25) is 0 Å². The maximum Gasteiger partial charge on any atom is 0.191 e. The summed E-state index contributed by atoms with van der Waals surface area (Å²) in [5.41, 5.74) is 2.48. The molecule has 0 unspecified atom stereocenters. The Labute approximate surface area is 170 Å². The molecule has 0 aromatic heterocycles. The van der Waals surface area contributed by atoms with E-state index in [9.17, 15) is 8.78 Å². The number of ether oxygens (including phenoxy) is 1. The smallest absolute Gasteiger partial charge is 0.191 e. The highest BCUT2D eigenvalue weighted by Crippen LogP contribution is 2.22. The number of aliphatic imine (C=N–C) groups is 1. The van der Waals surface area contributed by atoms with E-state index in [1.165, 1.54) is 12.1 Å². The summed E-state index contributed by atoms with van der Waals surface area (Å²) in [6.07, 6.45) is 0.758. The molecule has 2 N–H and O–H groups in total. The van der Waals surface area contributed by atoms with Gasteiger partial charge in [-0.25, -0.2) is 13.8 Å². The summed E-state index contributed by atoms with van der Waals surface area (Å²) in [5.74, 6) is 0.213. The van der Waals surface area contributed by atoms with Crippen LogP contribution in [-0.2, 0) is 17.7 Å². The van der Waals surface area contributed by atoms with Crippen LogP contribution in [0.4, 0.5) is 14.5 Å². The highest BCUT2D eigenvalue weighted by molar-refractivity contribution is 5.79. The number of nitrogens with zero attached hydrogens (tertiary/aromatic N) is 2. The molecule has 0 amide bonds. The normalized spacial score (nSPS) is 14.7. The molecule has 1 heterocycles. The van der Waals surface area contributed by atoms with Crippen LogP contribution < -0.4 is 15.5 Å². The maximum atomic E-state index is 14.5. The number of rotatable bonds is 7. The van der Waals surface area contributed by atoms with Crippen LogP contribution in [-0.4, -0.2) is 45.4 Å². The minimum absolute atomic E-state index is 0.228. The van der Waals surface area contributed by atoms with Gasteiger partial charge in [-0.2, -0.15) is 0 Å². The van der Waals surface area contributed by atoms with Gasteiger partial charge in [0.2, 0.25) is 0 Å². The van der Waals surface area contributed by atoms with Crippen molar-refractivity contribution in [3.05, 3.63) is 65.2 Å². The molecule has 0 aliphatic carbocycles. The Balaban J connectivity index is 1.56. The fraction of sp³-hybridized carbons (Fsp3) is 0.409. The van der Waals surface area contributed by atoms with Gasteiger partial charge in [-0.15, -0.1) is 0 Å². The number of halogens is 2. The third kappa shape index (κ3) is 6.42. The lowest BCUT2D eigenvalue weighted by molar-refractivity contribution is 0.122. The molecule has 2 aromatic carbocycles. The molecule has 1 aliphatic heterocycles. The number of anilines is 1. The van der Waals surface area contributed by atoms with Crippen LogP contribution in [0.15, 0.2) is 47.5 Å². The average molecular weight is 402 g/mol. The quantitative estimate of drug-likeness (QED) is 0.552. The Morgan fingerprint density at radius 3 is 2.45 bits per heavy atom. The monoisotopic (exact) mass is 402 g/mol. The zero-order valence-corrected chi connectivity index (χ0v) is 16.8. The number of benzene rings is 2. The number of nitrogens with one attached hydrogen (secondary N) is 2. The van der Waals surface area contributed by atoms with Gasteiger partial charge in [-0.05, 0) is 48.7 Å². The van der Waals surface area contributed by atoms with Gasteiger partial charge in [0, 0.05) is 26.2 Å². The van der Waals surface area contributed by atoms with Crippen molar-refractivity contribution in [3.63, 3.8) is 0 Å². The van der Waals surface area contributed by atoms with Crippen molar-refractivity contribution >= 4 is 11.6 Å². The lowest BCUT2D eigenvalue weighted by Crippen LogP contribution is -2.38. The van der Waals surface area contributed by atoms with E-state index < -0.39 is 0 Å². The largest absolute Gasteiger partial charge is 0.378 e. The molecule has 0 atom stereocenters. The molecule has 3 rings (SSSR count). The van der Waals surface area contributed by atoms with E-state index in [0.29, 0.717) is 51.0 Å². The van der Waals surface area contributed by atoms with Gasteiger partial charge >= 0.3 is 0 Å². The first-order valence-corrected chi connectivity index (χ1v) is 10.0. The molecule has 0 radical (unpaired) electrons. The Hall–Kier alpha value is -2.67. The molecular formula is C22H28F2N4O. The number of morpholine rings is 1. The van der Waals surface area contributed by atoms with Crippen LogP contribution in [0.5, 0.6) is 0 Å². The van der Waals surface area contributed by atoms with Crippen molar-refractivity contribution in [3.8, 4) is 0 Å². The lowest BCUT2D eigenvalue weighted by atomic mass is 10.1. The molecular weight excluding hydrogens is 374 g/mol. The van der Waals surface area contributed by atoms with E-state index in [1.54, 1.807) is 18.2 Å². The van der Waals surface area contributed by atoms with E-state index in [4.69, 9.17) is 4.74 Å². The van der Waals surface area contributed by atoms with Gasteiger partial charge in [0.1, 0.15) is 11.6 Å². The predicted octanol–water partition coefficient (Wildman–Crippen LogP) is 3.10. The third-order valence-electron chi connectivity index (χ3n) is 4.75. The van der Waals surface area contributed by atoms with Crippen molar-refractivity contribution in [1.82, 2.24) is 10.6 Å². The number of hydrogen-bond acceptors (Lipinski definition) is 3. The Morgan fingerprint density at radius 2 is 1.76 bits per heavy atom. The summed E-state index contributed by atoms with van der Waals surface area (Å²) in [6.45, 7) is 6.44. The highest BCUT2D eigenvalue weighted by atomic mass is 19.1. The minimum atomic E-state index is -0.233. The van der Waals surface area contributed by atoms with E-state index in [2.05, 4.69) is 15.6 Å². The predicted molar refractivity (Wildman–Crippen MR) is 112 cm³/mol. The first-order chi connectivity index (χ1) is 14.2. The van der Waals surface area contributed by atoms with Gasteiger partial charge in [0.25, 0.3) is 0 Å².